The molecule has 0 aliphatic heterocycles. The van der Waals surface area contributed by atoms with Crippen LogP contribution in [0.25, 0.3) is 0 Å². The zero-order valence-electron chi connectivity index (χ0n) is 13.6. The molecule has 0 fully saturated rings. The Morgan fingerprint density at radius 2 is 1.57 bits per heavy atom. The molecule has 5 heteroatoms. The molecule has 120 valence electrons. The highest BCUT2D eigenvalue weighted by molar-refractivity contribution is 5.50. The molecule has 5 nitrogen and oxygen atoms in total. The summed E-state index contributed by atoms with van der Waals surface area (Å²) in [6.07, 6.45) is 0.923. The lowest BCUT2D eigenvalue weighted by atomic mass is 10.0. The van der Waals surface area contributed by atoms with E-state index in [2.05, 4.69) is 19.2 Å². The van der Waals surface area contributed by atoms with Gasteiger partial charge >= 0.3 is 0 Å². The van der Waals surface area contributed by atoms with Crippen LogP contribution in [-0.2, 0) is 6.54 Å². The van der Waals surface area contributed by atoms with Crippen molar-refractivity contribution in [3.63, 3.8) is 0 Å². The summed E-state index contributed by atoms with van der Waals surface area (Å²) in [5.41, 5.74) is 0.970. The van der Waals surface area contributed by atoms with Crippen LogP contribution in [0.5, 0.6) is 17.2 Å². The zero-order chi connectivity index (χ0) is 15.8. The van der Waals surface area contributed by atoms with Crippen molar-refractivity contribution < 1.29 is 19.3 Å². The Kier molecular flexibility index (Phi) is 7.32. The molecule has 0 amide bonds. The smallest absolute Gasteiger partial charge is 0.164 e. The Morgan fingerprint density at radius 1 is 1.00 bits per heavy atom. The largest absolute Gasteiger partial charge is 0.496 e. The van der Waals surface area contributed by atoms with Crippen LogP contribution in [-0.4, -0.2) is 39.1 Å². The zero-order valence-corrected chi connectivity index (χ0v) is 13.6. The molecule has 1 atom stereocenters. The first-order valence-corrected chi connectivity index (χ1v) is 7.18. The minimum Gasteiger partial charge on any atom is -0.496 e. The fourth-order valence-corrected chi connectivity index (χ4v) is 2.28. The van der Waals surface area contributed by atoms with E-state index in [9.17, 15) is 5.11 Å². The minimum absolute atomic E-state index is 0.0720. The maximum Gasteiger partial charge on any atom is 0.164 e. The van der Waals surface area contributed by atoms with E-state index in [1.54, 1.807) is 21.3 Å². The average Bonchev–Trinajstić information content (AvgIpc) is 2.49. The minimum atomic E-state index is 0.0720. The van der Waals surface area contributed by atoms with Gasteiger partial charge < -0.3 is 24.6 Å². The topological polar surface area (TPSA) is 60.0 Å². The van der Waals surface area contributed by atoms with Crippen molar-refractivity contribution in [2.75, 3.05) is 27.9 Å². The van der Waals surface area contributed by atoms with Gasteiger partial charge in [-0.05, 0) is 18.4 Å². The second-order valence-corrected chi connectivity index (χ2v) is 5.41. The van der Waals surface area contributed by atoms with Crippen LogP contribution in [0, 0.1) is 5.92 Å². The summed E-state index contributed by atoms with van der Waals surface area (Å²) >= 11 is 0. The quantitative estimate of drug-likeness (QED) is 0.732. The molecule has 0 aliphatic carbocycles. The van der Waals surface area contributed by atoms with Gasteiger partial charge in [0, 0.05) is 24.2 Å². The van der Waals surface area contributed by atoms with Crippen molar-refractivity contribution in [3.8, 4) is 17.2 Å². The van der Waals surface area contributed by atoms with Crippen molar-refractivity contribution in [1.29, 1.82) is 0 Å². The van der Waals surface area contributed by atoms with E-state index in [4.69, 9.17) is 14.2 Å². The first-order chi connectivity index (χ1) is 10.0. The SMILES string of the molecule is COc1cc(OC)c(OC)cc1CNC(CO)CC(C)C. The number of nitrogens with one attached hydrogen (secondary N) is 1. The lowest BCUT2D eigenvalue weighted by Gasteiger charge is -2.20. The number of ether oxygens (including phenoxy) is 3. The second-order valence-electron chi connectivity index (χ2n) is 5.41. The molecule has 0 aromatic heterocycles. The van der Waals surface area contributed by atoms with Crippen LogP contribution >= 0.6 is 0 Å². The van der Waals surface area contributed by atoms with Gasteiger partial charge in [-0.3, -0.25) is 0 Å². The van der Waals surface area contributed by atoms with E-state index in [1.807, 2.05) is 12.1 Å². The van der Waals surface area contributed by atoms with E-state index >= 15 is 0 Å². The van der Waals surface area contributed by atoms with Crippen molar-refractivity contribution in [3.05, 3.63) is 17.7 Å². The average molecular weight is 297 g/mol. The van der Waals surface area contributed by atoms with Crippen molar-refractivity contribution in [1.82, 2.24) is 5.32 Å². The number of aliphatic hydroxyl groups is 1. The molecule has 0 spiro atoms. The van der Waals surface area contributed by atoms with Crippen LogP contribution in [0.4, 0.5) is 0 Å². The first kappa shape index (κ1) is 17.6. The molecule has 0 saturated heterocycles. The summed E-state index contributed by atoms with van der Waals surface area (Å²) in [5, 5.41) is 12.8. The number of rotatable bonds is 9. The Balaban J connectivity index is 2.86. The third-order valence-electron chi connectivity index (χ3n) is 3.34. The highest BCUT2D eigenvalue weighted by atomic mass is 16.5. The molecule has 0 saturated carbocycles. The molecule has 0 bridgehead atoms. The maximum atomic E-state index is 9.42. The van der Waals surface area contributed by atoms with Gasteiger partial charge in [0.05, 0.1) is 27.9 Å². The van der Waals surface area contributed by atoms with Gasteiger partial charge in [-0.1, -0.05) is 13.8 Å². The third kappa shape index (κ3) is 5.10. The van der Waals surface area contributed by atoms with Crippen molar-refractivity contribution in [2.24, 2.45) is 5.92 Å². The molecular weight excluding hydrogens is 270 g/mol. The van der Waals surface area contributed by atoms with Crippen molar-refractivity contribution in [2.45, 2.75) is 32.9 Å². The Morgan fingerprint density at radius 3 is 2.05 bits per heavy atom. The Hall–Kier alpha value is -1.46. The van der Waals surface area contributed by atoms with Gasteiger partial charge in [-0.2, -0.15) is 0 Å². The Labute approximate surface area is 127 Å². The molecule has 1 aromatic rings. The molecule has 1 rings (SSSR count). The monoisotopic (exact) mass is 297 g/mol. The van der Waals surface area contributed by atoms with E-state index in [1.165, 1.54) is 0 Å². The summed E-state index contributed by atoms with van der Waals surface area (Å²) in [7, 11) is 4.83. The second kappa shape index (κ2) is 8.74. The maximum absolute atomic E-state index is 9.42. The predicted octanol–water partition coefficient (Wildman–Crippen LogP) is 2.21. The highest BCUT2D eigenvalue weighted by Gasteiger charge is 2.14. The van der Waals surface area contributed by atoms with E-state index in [-0.39, 0.29) is 12.6 Å². The van der Waals surface area contributed by atoms with Crippen LogP contribution in [0.3, 0.4) is 0 Å². The van der Waals surface area contributed by atoms with Gasteiger partial charge in [0.25, 0.3) is 0 Å². The molecular formula is C16H27NO4. The van der Waals surface area contributed by atoms with E-state index < -0.39 is 0 Å². The van der Waals surface area contributed by atoms with Crippen molar-refractivity contribution >= 4 is 0 Å². The highest BCUT2D eigenvalue weighted by Crippen LogP contribution is 2.34. The van der Waals surface area contributed by atoms with Gasteiger partial charge in [0.2, 0.25) is 0 Å². The third-order valence-corrected chi connectivity index (χ3v) is 3.34. The normalized spacial score (nSPS) is 12.3. The molecule has 2 N–H and O–H groups in total. The predicted molar refractivity (Wildman–Crippen MR) is 83.3 cm³/mol. The summed E-state index contributed by atoms with van der Waals surface area (Å²) in [4.78, 5) is 0. The first-order valence-electron chi connectivity index (χ1n) is 7.18. The molecule has 0 aliphatic rings. The van der Waals surface area contributed by atoms with Gasteiger partial charge in [0.15, 0.2) is 11.5 Å². The van der Waals surface area contributed by atoms with Crippen LogP contribution in [0.1, 0.15) is 25.8 Å². The van der Waals surface area contributed by atoms with Crippen LogP contribution < -0.4 is 19.5 Å². The summed E-state index contributed by atoms with van der Waals surface area (Å²) < 4.78 is 16.0. The van der Waals surface area contributed by atoms with E-state index in [0.717, 1.165) is 17.7 Å². The lowest BCUT2D eigenvalue weighted by molar-refractivity contribution is 0.223. The van der Waals surface area contributed by atoms with Gasteiger partial charge in [0.1, 0.15) is 5.75 Å². The number of hydrogen-bond donors (Lipinski definition) is 2. The number of methoxy groups -OCH3 is 3. The summed E-state index contributed by atoms with van der Waals surface area (Å²) in [6.45, 7) is 5.00. The molecule has 0 radical (unpaired) electrons. The fraction of sp³-hybridized carbons (Fsp3) is 0.625. The molecule has 21 heavy (non-hydrogen) atoms. The fourth-order valence-electron chi connectivity index (χ4n) is 2.28. The summed E-state index contributed by atoms with van der Waals surface area (Å²) in [6, 6.07) is 3.78. The van der Waals surface area contributed by atoms with Gasteiger partial charge in [-0.25, -0.2) is 0 Å². The van der Waals surface area contributed by atoms with Crippen LogP contribution in [0.15, 0.2) is 12.1 Å². The summed E-state index contributed by atoms with van der Waals surface area (Å²) in [5.74, 6) is 2.57. The number of aliphatic hydroxyl groups excluding tert-OH is 1. The van der Waals surface area contributed by atoms with E-state index in [0.29, 0.717) is 24.0 Å². The standard InChI is InChI=1S/C16H27NO4/c1-11(2)6-13(10-18)17-9-12-7-15(20-4)16(21-5)8-14(12)19-3/h7-8,11,13,17-18H,6,9-10H2,1-5H3. The van der Waals surface area contributed by atoms with Gasteiger partial charge in [-0.15, -0.1) is 0 Å². The lowest BCUT2D eigenvalue weighted by Crippen LogP contribution is -2.33. The van der Waals surface area contributed by atoms with Crippen LogP contribution in [0.2, 0.25) is 0 Å². The number of hydrogen-bond acceptors (Lipinski definition) is 5. The molecule has 1 unspecified atom stereocenters. The number of benzene rings is 1. The Bertz CT molecular complexity index is 435. The molecule has 0 heterocycles. The molecule has 1 aromatic carbocycles.